The summed E-state index contributed by atoms with van der Waals surface area (Å²) in [5.41, 5.74) is 8.49. The molecule has 0 saturated heterocycles. The van der Waals surface area contributed by atoms with Crippen LogP contribution in [0.25, 0.3) is 0 Å². The van der Waals surface area contributed by atoms with Gasteiger partial charge in [0.15, 0.2) is 0 Å². The summed E-state index contributed by atoms with van der Waals surface area (Å²) >= 11 is 0. The third-order valence-electron chi connectivity index (χ3n) is 1.98. The Hall–Kier alpha value is -0.730. The van der Waals surface area contributed by atoms with Gasteiger partial charge in [0.25, 0.3) is 0 Å². The van der Waals surface area contributed by atoms with Crippen LogP contribution in [0.1, 0.15) is 16.7 Å². The van der Waals surface area contributed by atoms with E-state index in [4.69, 9.17) is 5.73 Å². The van der Waals surface area contributed by atoms with E-state index in [1.165, 1.54) is 5.56 Å². The SMILES string of the molecule is Cc1cc(CCN)cc(C)c1O.Cl. The monoisotopic (exact) mass is 201 g/mol. The van der Waals surface area contributed by atoms with E-state index in [2.05, 4.69) is 0 Å². The highest BCUT2D eigenvalue weighted by Crippen LogP contribution is 2.22. The molecule has 0 bridgehead atoms. The van der Waals surface area contributed by atoms with E-state index in [0.717, 1.165) is 17.5 Å². The van der Waals surface area contributed by atoms with Crippen molar-refractivity contribution in [2.75, 3.05) is 6.54 Å². The molecular weight excluding hydrogens is 186 g/mol. The lowest BCUT2D eigenvalue weighted by Gasteiger charge is -2.06. The highest BCUT2D eigenvalue weighted by atomic mass is 35.5. The first-order valence-electron chi connectivity index (χ1n) is 4.14. The van der Waals surface area contributed by atoms with Gasteiger partial charge in [-0.25, -0.2) is 0 Å². The van der Waals surface area contributed by atoms with Crippen LogP contribution in [0.5, 0.6) is 5.75 Å². The third kappa shape index (κ3) is 2.90. The lowest BCUT2D eigenvalue weighted by atomic mass is 10.0. The second-order valence-electron chi connectivity index (χ2n) is 3.12. The van der Waals surface area contributed by atoms with Gasteiger partial charge in [0.2, 0.25) is 0 Å². The van der Waals surface area contributed by atoms with E-state index >= 15 is 0 Å². The quantitative estimate of drug-likeness (QED) is 0.768. The summed E-state index contributed by atoms with van der Waals surface area (Å²) in [6, 6.07) is 3.96. The maximum atomic E-state index is 9.47. The summed E-state index contributed by atoms with van der Waals surface area (Å²) in [4.78, 5) is 0. The van der Waals surface area contributed by atoms with Gasteiger partial charge in [0, 0.05) is 0 Å². The highest BCUT2D eigenvalue weighted by molar-refractivity contribution is 5.85. The molecule has 1 rings (SSSR count). The van der Waals surface area contributed by atoms with E-state index in [0.29, 0.717) is 12.3 Å². The first-order chi connectivity index (χ1) is 5.65. The molecule has 0 aliphatic rings. The molecule has 1 aromatic carbocycles. The number of phenols is 1. The minimum absolute atomic E-state index is 0. The fraction of sp³-hybridized carbons (Fsp3) is 0.400. The normalized spacial score (nSPS) is 9.46. The Kier molecular flexibility index (Phi) is 4.81. The van der Waals surface area contributed by atoms with Crippen molar-refractivity contribution in [1.29, 1.82) is 0 Å². The predicted molar refractivity (Wildman–Crippen MR) is 57.6 cm³/mol. The van der Waals surface area contributed by atoms with Gasteiger partial charge in [-0.3, -0.25) is 0 Å². The summed E-state index contributed by atoms with van der Waals surface area (Å²) in [6.45, 7) is 4.47. The molecule has 0 aliphatic heterocycles. The average molecular weight is 202 g/mol. The van der Waals surface area contributed by atoms with Crippen molar-refractivity contribution in [3.8, 4) is 5.75 Å². The van der Waals surface area contributed by atoms with Crippen LogP contribution in [0, 0.1) is 13.8 Å². The van der Waals surface area contributed by atoms with Crippen LogP contribution in [-0.4, -0.2) is 11.7 Å². The Balaban J connectivity index is 0.00000144. The van der Waals surface area contributed by atoms with Crippen LogP contribution in [-0.2, 0) is 6.42 Å². The number of nitrogens with two attached hydrogens (primary N) is 1. The summed E-state index contributed by atoms with van der Waals surface area (Å²) in [5.74, 6) is 0.399. The average Bonchev–Trinajstić information content (AvgIpc) is 2.01. The largest absolute Gasteiger partial charge is 0.507 e. The lowest BCUT2D eigenvalue weighted by Crippen LogP contribution is -2.03. The van der Waals surface area contributed by atoms with Crippen LogP contribution in [0.2, 0.25) is 0 Å². The molecule has 74 valence electrons. The zero-order chi connectivity index (χ0) is 9.14. The number of halogens is 1. The van der Waals surface area contributed by atoms with E-state index in [1.807, 2.05) is 26.0 Å². The van der Waals surface area contributed by atoms with Gasteiger partial charge in [-0.05, 0) is 43.5 Å². The molecule has 13 heavy (non-hydrogen) atoms. The van der Waals surface area contributed by atoms with Crippen molar-refractivity contribution < 1.29 is 5.11 Å². The molecule has 0 fully saturated rings. The zero-order valence-electron chi connectivity index (χ0n) is 8.00. The molecule has 0 spiro atoms. The highest BCUT2D eigenvalue weighted by Gasteiger charge is 2.01. The van der Waals surface area contributed by atoms with E-state index < -0.39 is 0 Å². The molecule has 0 aliphatic carbocycles. The Morgan fingerprint density at radius 3 is 2.08 bits per heavy atom. The zero-order valence-corrected chi connectivity index (χ0v) is 8.82. The minimum atomic E-state index is 0. The Morgan fingerprint density at radius 1 is 1.23 bits per heavy atom. The van der Waals surface area contributed by atoms with E-state index in [9.17, 15) is 5.11 Å². The number of hydrogen-bond acceptors (Lipinski definition) is 2. The van der Waals surface area contributed by atoms with Crippen LogP contribution in [0.4, 0.5) is 0 Å². The van der Waals surface area contributed by atoms with E-state index in [1.54, 1.807) is 0 Å². The topological polar surface area (TPSA) is 46.2 Å². The Morgan fingerprint density at radius 2 is 1.69 bits per heavy atom. The van der Waals surface area contributed by atoms with Crippen LogP contribution in [0.15, 0.2) is 12.1 Å². The molecule has 3 N–H and O–H groups in total. The fourth-order valence-corrected chi connectivity index (χ4v) is 1.36. The van der Waals surface area contributed by atoms with Gasteiger partial charge in [-0.15, -0.1) is 12.4 Å². The molecule has 0 amide bonds. The number of aromatic hydroxyl groups is 1. The maximum absolute atomic E-state index is 9.47. The molecule has 0 aromatic heterocycles. The molecule has 3 heteroatoms. The van der Waals surface area contributed by atoms with Crippen LogP contribution in [0.3, 0.4) is 0 Å². The van der Waals surface area contributed by atoms with Crippen molar-refractivity contribution in [3.05, 3.63) is 28.8 Å². The minimum Gasteiger partial charge on any atom is -0.507 e. The third-order valence-corrected chi connectivity index (χ3v) is 1.98. The van der Waals surface area contributed by atoms with Gasteiger partial charge in [0.1, 0.15) is 5.75 Å². The molecule has 0 unspecified atom stereocenters. The number of benzene rings is 1. The lowest BCUT2D eigenvalue weighted by molar-refractivity contribution is 0.466. The number of phenolic OH excluding ortho intramolecular Hbond substituents is 1. The van der Waals surface area contributed by atoms with Gasteiger partial charge in [-0.1, -0.05) is 12.1 Å². The van der Waals surface area contributed by atoms with E-state index in [-0.39, 0.29) is 12.4 Å². The van der Waals surface area contributed by atoms with Gasteiger partial charge in [0.05, 0.1) is 0 Å². The van der Waals surface area contributed by atoms with Gasteiger partial charge in [-0.2, -0.15) is 0 Å². The standard InChI is InChI=1S/C10H15NO.ClH/c1-7-5-9(3-4-11)6-8(2)10(7)12;/h5-6,12H,3-4,11H2,1-2H3;1H. The molecule has 1 aromatic rings. The second-order valence-corrected chi connectivity index (χ2v) is 3.12. The summed E-state index contributed by atoms with van der Waals surface area (Å²) < 4.78 is 0. The molecule has 0 radical (unpaired) electrons. The molecule has 0 saturated carbocycles. The second kappa shape index (κ2) is 5.10. The number of aryl methyl sites for hydroxylation is 2. The molecule has 2 nitrogen and oxygen atoms in total. The maximum Gasteiger partial charge on any atom is 0.121 e. The summed E-state index contributed by atoms with van der Waals surface area (Å²) in [5, 5.41) is 9.47. The Labute approximate surface area is 85.2 Å². The van der Waals surface area contributed by atoms with Crippen molar-refractivity contribution in [3.63, 3.8) is 0 Å². The number of hydrogen-bond donors (Lipinski definition) is 2. The van der Waals surface area contributed by atoms with Crippen LogP contribution < -0.4 is 5.73 Å². The Bertz CT molecular complexity index is 263. The first kappa shape index (κ1) is 12.3. The van der Waals surface area contributed by atoms with Crippen molar-refractivity contribution in [2.45, 2.75) is 20.3 Å². The predicted octanol–water partition coefficient (Wildman–Crippen LogP) is 1.93. The summed E-state index contributed by atoms with van der Waals surface area (Å²) in [7, 11) is 0. The van der Waals surface area contributed by atoms with Crippen molar-refractivity contribution in [2.24, 2.45) is 5.73 Å². The van der Waals surface area contributed by atoms with Gasteiger partial charge >= 0.3 is 0 Å². The number of rotatable bonds is 2. The first-order valence-corrected chi connectivity index (χ1v) is 4.14. The summed E-state index contributed by atoms with van der Waals surface area (Å²) in [6.07, 6.45) is 0.877. The molecular formula is C10H16ClNO. The smallest absolute Gasteiger partial charge is 0.121 e. The van der Waals surface area contributed by atoms with Crippen LogP contribution >= 0.6 is 12.4 Å². The van der Waals surface area contributed by atoms with Gasteiger partial charge < -0.3 is 10.8 Å². The fourth-order valence-electron chi connectivity index (χ4n) is 1.36. The van der Waals surface area contributed by atoms with Crippen molar-refractivity contribution >= 4 is 12.4 Å². The van der Waals surface area contributed by atoms with Crippen molar-refractivity contribution in [1.82, 2.24) is 0 Å². The molecule has 0 atom stereocenters. The molecule has 0 heterocycles.